The molecule has 1 aliphatic heterocycles. The molecule has 1 saturated carbocycles. The quantitative estimate of drug-likeness (QED) is 0.834. The summed E-state index contributed by atoms with van der Waals surface area (Å²) >= 11 is 0. The van der Waals surface area contributed by atoms with Crippen LogP contribution in [0.1, 0.15) is 65.7 Å². The van der Waals surface area contributed by atoms with Gasteiger partial charge in [0.1, 0.15) is 0 Å². The molecule has 0 radical (unpaired) electrons. The average Bonchev–Trinajstić information content (AvgIpc) is 2.37. The summed E-state index contributed by atoms with van der Waals surface area (Å²) in [4.78, 5) is 2.78. The van der Waals surface area contributed by atoms with Crippen LogP contribution >= 0.6 is 0 Å². The summed E-state index contributed by atoms with van der Waals surface area (Å²) < 4.78 is 0. The molecule has 2 N–H and O–H groups in total. The van der Waals surface area contributed by atoms with E-state index in [2.05, 4.69) is 25.7 Å². The molecule has 2 nitrogen and oxygen atoms in total. The minimum atomic E-state index is 0.491. The van der Waals surface area contributed by atoms with E-state index in [-0.39, 0.29) is 0 Å². The molecule has 2 aliphatic rings. The molecule has 18 heavy (non-hydrogen) atoms. The van der Waals surface area contributed by atoms with Gasteiger partial charge in [0, 0.05) is 18.6 Å². The Labute approximate surface area is 113 Å². The van der Waals surface area contributed by atoms with Crippen LogP contribution in [0.5, 0.6) is 0 Å². The molecule has 0 bridgehead atoms. The van der Waals surface area contributed by atoms with Crippen molar-refractivity contribution in [1.29, 1.82) is 0 Å². The van der Waals surface area contributed by atoms with Crippen molar-refractivity contribution in [1.82, 2.24) is 4.90 Å². The van der Waals surface area contributed by atoms with Crippen molar-refractivity contribution in [2.75, 3.05) is 13.1 Å². The van der Waals surface area contributed by atoms with Crippen LogP contribution in [0.15, 0.2) is 0 Å². The number of nitrogens with zero attached hydrogens (tertiary/aromatic N) is 1. The topological polar surface area (TPSA) is 29.3 Å². The monoisotopic (exact) mass is 252 g/mol. The van der Waals surface area contributed by atoms with Crippen LogP contribution in [-0.2, 0) is 0 Å². The fourth-order valence-corrected chi connectivity index (χ4v) is 4.26. The van der Waals surface area contributed by atoms with Crippen molar-refractivity contribution >= 4 is 0 Å². The van der Waals surface area contributed by atoms with E-state index in [0.717, 1.165) is 18.5 Å². The minimum absolute atomic E-state index is 0.491. The largest absolute Gasteiger partial charge is 0.329 e. The maximum atomic E-state index is 6.06. The third kappa shape index (κ3) is 2.91. The molecule has 2 rings (SSSR count). The van der Waals surface area contributed by atoms with Gasteiger partial charge in [0.15, 0.2) is 0 Å². The van der Waals surface area contributed by atoms with Crippen LogP contribution in [0.2, 0.25) is 0 Å². The smallest absolute Gasteiger partial charge is 0.0224 e. The lowest BCUT2D eigenvalue weighted by atomic mass is 9.71. The van der Waals surface area contributed by atoms with Crippen molar-refractivity contribution in [2.24, 2.45) is 17.1 Å². The van der Waals surface area contributed by atoms with E-state index in [0.29, 0.717) is 11.5 Å². The normalized spacial score (nSPS) is 37.7. The number of hydrogen-bond acceptors (Lipinski definition) is 2. The molecule has 0 aromatic rings. The van der Waals surface area contributed by atoms with Crippen molar-refractivity contribution in [2.45, 2.75) is 77.8 Å². The summed E-state index contributed by atoms with van der Waals surface area (Å²) in [5, 5.41) is 0. The van der Waals surface area contributed by atoms with E-state index in [1.165, 1.54) is 51.5 Å². The third-order valence-corrected chi connectivity index (χ3v) is 5.57. The zero-order valence-electron chi connectivity index (χ0n) is 12.6. The predicted octanol–water partition coefficient (Wildman–Crippen LogP) is 3.40. The molecule has 0 aromatic heterocycles. The summed E-state index contributed by atoms with van der Waals surface area (Å²) in [5.41, 5.74) is 6.55. The lowest BCUT2D eigenvalue weighted by Gasteiger charge is -2.51. The summed E-state index contributed by atoms with van der Waals surface area (Å²) in [6.07, 6.45) is 9.67. The third-order valence-electron chi connectivity index (χ3n) is 5.57. The van der Waals surface area contributed by atoms with Crippen LogP contribution < -0.4 is 5.73 Å². The SMILES string of the molecule is CCC1CCN(C2CCCCC2(C)C)C(CN)C1. The van der Waals surface area contributed by atoms with Gasteiger partial charge in [0.2, 0.25) is 0 Å². The molecular weight excluding hydrogens is 220 g/mol. The van der Waals surface area contributed by atoms with Crippen LogP contribution in [0, 0.1) is 11.3 Å². The minimum Gasteiger partial charge on any atom is -0.329 e. The summed E-state index contributed by atoms with van der Waals surface area (Å²) in [6.45, 7) is 9.41. The molecule has 0 spiro atoms. The highest BCUT2D eigenvalue weighted by atomic mass is 15.2. The number of nitrogens with two attached hydrogens (primary N) is 1. The Morgan fingerprint density at radius 1 is 1.22 bits per heavy atom. The van der Waals surface area contributed by atoms with Crippen molar-refractivity contribution in [3.63, 3.8) is 0 Å². The summed E-state index contributed by atoms with van der Waals surface area (Å²) in [6, 6.07) is 1.42. The molecular formula is C16H32N2. The maximum absolute atomic E-state index is 6.06. The van der Waals surface area contributed by atoms with Crippen LogP contribution in [-0.4, -0.2) is 30.1 Å². The first kappa shape index (κ1) is 14.3. The van der Waals surface area contributed by atoms with Gasteiger partial charge < -0.3 is 5.73 Å². The average molecular weight is 252 g/mol. The van der Waals surface area contributed by atoms with Crippen LogP contribution in [0.4, 0.5) is 0 Å². The lowest BCUT2D eigenvalue weighted by Crippen LogP contribution is -2.56. The molecule has 1 aliphatic carbocycles. The molecule has 1 heterocycles. The highest BCUT2D eigenvalue weighted by Crippen LogP contribution is 2.41. The fraction of sp³-hybridized carbons (Fsp3) is 1.00. The van der Waals surface area contributed by atoms with Gasteiger partial charge in [-0.05, 0) is 43.6 Å². The van der Waals surface area contributed by atoms with Crippen LogP contribution in [0.25, 0.3) is 0 Å². The zero-order chi connectivity index (χ0) is 13.2. The maximum Gasteiger partial charge on any atom is 0.0224 e. The molecule has 1 saturated heterocycles. The van der Waals surface area contributed by atoms with Crippen molar-refractivity contribution in [3.05, 3.63) is 0 Å². The van der Waals surface area contributed by atoms with E-state index >= 15 is 0 Å². The Morgan fingerprint density at radius 3 is 2.61 bits per heavy atom. The molecule has 2 fully saturated rings. The van der Waals surface area contributed by atoms with E-state index in [1.54, 1.807) is 0 Å². The Morgan fingerprint density at radius 2 is 2.00 bits per heavy atom. The number of hydrogen-bond donors (Lipinski definition) is 1. The van der Waals surface area contributed by atoms with Crippen molar-refractivity contribution < 1.29 is 0 Å². The van der Waals surface area contributed by atoms with Crippen molar-refractivity contribution in [3.8, 4) is 0 Å². The highest BCUT2D eigenvalue weighted by molar-refractivity contribution is 4.95. The van der Waals surface area contributed by atoms with Gasteiger partial charge in [0.05, 0.1) is 0 Å². The Balaban J connectivity index is 2.06. The Kier molecular flexibility index (Phi) is 4.71. The highest BCUT2D eigenvalue weighted by Gasteiger charge is 2.40. The van der Waals surface area contributed by atoms with Gasteiger partial charge in [-0.1, -0.05) is 40.0 Å². The van der Waals surface area contributed by atoms with E-state index in [1.807, 2.05) is 0 Å². The molecule has 0 aromatic carbocycles. The molecule has 106 valence electrons. The molecule has 3 atom stereocenters. The number of likely N-dealkylation sites (tertiary alicyclic amines) is 1. The second-order valence-electron chi connectivity index (χ2n) is 7.18. The summed E-state index contributed by atoms with van der Waals surface area (Å²) in [5.74, 6) is 0.918. The lowest BCUT2D eigenvalue weighted by molar-refractivity contribution is -0.00995. The first-order valence-electron chi connectivity index (χ1n) is 8.04. The summed E-state index contributed by atoms with van der Waals surface area (Å²) in [7, 11) is 0. The number of piperidine rings is 1. The van der Waals surface area contributed by atoms with E-state index in [9.17, 15) is 0 Å². The standard InChI is InChI=1S/C16H32N2/c1-4-13-8-10-18(14(11-13)12-17)15-7-5-6-9-16(15,2)3/h13-15H,4-12,17H2,1-3H3. The molecule has 0 amide bonds. The van der Waals surface area contributed by atoms with Gasteiger partial charge in [-0.3, -0.25) is 4.90 Å². The molecule has 3 unspecified atom stereocenters. The van der Waals surface area contributed by atoms with E-state index < -0.39 is 0 Å². The molecule has 2 heteroatoms. The predicted molar refractivity (Wildman–Crippen MR) is 78.6 cm³/mol. The van der Waals surface area contributed by atoms with E-state index in [4.69, 9.17) is 5.73 Å². The van der Waals surface area contributed by atoms with Crippen LogP contribution in [0.3, 0.4) is 0 Å². The Bertz CT molecular complexity index is 262. The van der Waals surface area contributed by atoms with Gasteiger partial charge in [-0.15, -0.1) is 0 Å². The van der Waals surface area contributed by atoms with Gasteiger partial charge in [0.25, 0.3) is 0 Å². The fourth-order valence-electron chi connectivity index (χ4n) is 4.26. The first-order valence-corrected chi connectivity index (χ1v) is 8.04. The van der Waals surface area contributed by atoms with Gasteiger partial charge in [-0.2, -0.15) is 0 Å². The van der Waals surface area contributed by atoms with Gasteiger partial charge >= 0.3 is 0 Å². The second kappa shape index (κ2) is 5.92. The first-order chi connectivity index (χ1) is 8.58. The van der Waals surface area contributed by atoms with Gasteiger partial charge in [-0.25, -0.2) is 0 Å². The zero-order valence-corrected chi connectivity index (χ0v) is 12.6. The number of rotatable bonds is 3. The second-order valence-corrected chi connectivity index (χ2v) is 7.18. The Hall–Kier alpha value is -0.0800.